The number of nitrogens with zero attached hydrogens (tertiary/aromatic N) is 1. The lowest BCUT2D eigenvalue weighted by atomic mass is 10.2. The van der Waals surface area contributed by atoms with Gasteiger partial charge in [0.1, 0.15) is 6.61 Å². The van der Waals surface area contributed by atoms with E-state index >= 15 is 0 Å². The second kappa shape index (κ2) is 10.8. The van der Waals surface area contributed by atoms with Gasteiger partial charge in [0, 0.05) is 15.6 Å². The molecule has 1 aliphatic heterocycles. The van der Waals surface area contributed by atoms with Gasteiger partial charge in [-0.2, -0.15) is 0 Å². The first kappa shape index (κ1) is 23.2. The van der Waals surface area contributed by atoms with Gasteiger partial charge in [-0.15, -0.1) is 0 Å². The van der Waals surface area contributed by atoms with E-state index in [9.17, 15) is 4.79 Å². The van der Waals surface area contributed by atoms with Crippen molar-refractivity contribution < 1.29 is 14.3 Å². The van der Waals surface area contributed by atoms with Crippen LogP contribution < -0.4 is 14.8 Å². The molecule has 33 heavy (non-hydrogen) atoms. The van der Waals surface area contributed by atoms with Gasteiger partial charge in [-0.1, -0.05) is 47.5 Å². The summed E-state index contributed by atoms with van der Waals surface area (Å²) in [6.07, 6.45) is 1.80. The summed E-state index contributed by atoms with van der Waals surface area (Å²) in [4.78, 5) is 17.4. The topological polar surface area (TPSA) is 59.9 Å². The molecular weight excluding hydrogens is 479 g/mol. The van der Waals surface area contributed by atoms with Gasteiger partial charge < -0.3 is 14.8 Å². The summed E-state index contributed by atoms with van der Waals surface area (Å²) >= 11 is 13.4. The van der Waals surface area contributed by atoms with E-state index in [1.807, 2.05) is 49.4 Å². The fourth-order valence-corrected chi connectivity index (χ4v) is 4.20. The quantitative estimate of drug-likeness (QED) is 0.361. The molecule has 168 valence electrons. The third-order valence-electron chi connectivity index (χ3n) is 4.61. The molecule has 0 unspecified atom stereocenters. The largest absolute Gasteiger partial charge is 0.490 e. The molecular formula is C25H20Cl2N2O3S. The van der Waals surface area contributed by atoms with E-state index in [1.165, 1.54) is 11.8 Å². The molecule has 0 radical (unpaired) electrons. The van der Waals surface area contributed by atoms with Crippen molar-refractivity contribution in [2.45, 2.75) is 13.5 Å². The molecule has 1 heterocycles. The third kappa shape index (κ3) is 6.11. The summed E-state index contributed by atoms with van der Waals surface area (Å²) < 4.78 is 11.7. The zero-order valence-corrected chi connectivity index (χ0v) is 20.0. The molecule has 1 N–H and O–H groups in total. The van der Waals surface area contributed by atoms with Gasteiger partial charge in [0.15, 0.2) is 16.7 Å². The van der Waals surface area contributed by atoms with E-state index in [2.05, 4.69) is 10.3 Å². The van der Waals surface area contributed by atoms with Gasteiger partial charge in [-0.3, -0.25) is 4.79 Å². The number of halogens is 2. The lowest BCUT2D eigenvalue weighted by Crippen LogP contribution is -2.19. The maximum Gasteiger partial charge on any atom is 0.264 e. The molecule has 3 aromatic carbocycles. The molecule has 0 aliphatic carbocycles. The summed E-state index contributed by atoms with van der Waals surface area (Å²) in [6.45, 7) is 2.71. The number of hydrogen-bond acceptors (Lipinski definition) is 5. The zero-order chi connectivity index (χ0) is 23.2. The van der Waals surface area contributed by atoms with Crippen molar-refractivity contribution >= 4 is 57.8 Å². The van der Waals surface area contributed by atoms with E-state index in [1.54, 1.807) is 30.3 Å². The molecule has 1 fully saturated rings. The van der Waals surface area contributed by atoms with Crippen molar-refractivity contribution in [3.63, 3.8) is 0 Å². The fraction of sp³-hybridized carbons (Fsp3) is 0.120. The van der Waals surface area contributed by atoms with Crippen LogP contribution in [0, 0.1) is 0 Å². The average Bonchev–Trinajstić information content (AvgIpc) is 3.14. The van der Waals surface area contributed by atoms with E-state index < -0.39 is 0 Å². The molecule has 0 atom stereocenters. The monoisotopic (exact) mass is 498 g/mol. The Morgan fingerprint density at radius 3 is 2.55 bits per heavy atom. The van der Waals surface area contributed by atoms with E-state index in [4.69, 9.17) is 32.7 Å². The third-order valence-corrected chi connectivity index (χ3v) is 6.15. The number of thioether (sulfide) groups is 1. The van der Waals surface area contributed by atoms with Crippen LogP contribution in [-0.4, -0.2) is 17.7 Å². The Balaban J connectivity index is 1.51. The first-order valence-electron chi connectivity index (χ1n) is 10.2. The summed E-state index contributed by atoms with van der Waals surface area (Å²) in [6, 6.07) is 20.2. The Morgan fingerprint density at radius 2 is 1.79 bits per heavy atom. The van der Waals surface area contributed by atoms with Crippen LogP contribution in [-0.2, 0) is 11.4 Å². The number of amides is 1. The van der Waals surface area contributed by atoms with Crippen LogP contribution >= 0.6 is 35.0 Å². The van der Waals surface area contributed by atoms with Crippen LogP contribution in [0.2, 0.25) is 10.0 Å². The van der Waals surface area contributed by atoms with Crippen LogP contribution in [0.5, 0.6) is 11.5 Å². The van der Waals surface area contributed by atoms with Crippen LogP contribution in [0.15, 0.2) is 76.6 Å². The zero-order valence-electron chi connectivity index (χ0n) is 17.7. The van der Waals surface area contributed by atoms with Gasteiger partial charge in [-0.05, 0) is 72.8 Å². The maximum absolute atomic E-state index is 12.4. The number of carbonyl (C=O) groups is 1. The summed E-state index contributed by atoms with van der Waals surface area (Å²) in [5.74, 6) is 0.995. The molecule has 1 amide bonds. The Labute approximate surface area is 206 Å². The number of hydrogen-bond donors (Lipinski definition) is 1. The highest BCUT2D eigenvalue weighted by Gasteiger charge is 2.24. The summed E-state index contributed by atoms with van der Waals surface area (Å²) in [7, 11) is 0. The van der Waals surface area contributed by atoms with Crippen molar-refractivity contribution in [2.75, 3.05) is 6.61 Å². The van der Waals surface area contributed by atoms with Crippen LogP contribution in [0.3, 0.4) is 0 Å². The molecule has 0 spiro atoms. The van der Waals surface area contributed by atoms with E-state index in [0.29, 0.717) is 50.5 Å². The molecule has 5 nitrogen and oxygen atoms in total. The number of nitrogens with one attached hydrogen (secondary N) is 1. The predicted octanol–water partition coefficient (Wildman–Crippen LogP) is 6.86. The van der Waals surface area contributed by atoms with Crippen molar-refractivity contribution in [3.05, 3.63) is 92.8 Å². The molecule has 8 heteroatoms. The van der Waals surface area contributed by atoms with Crippen molar-refractivity contribution in [1.29, 1.82) is 0 Å². The molecule has 4 rings (SSSR count). The number of amidine groups is 1. The summed E-state index contributed by atoms with van der Waals surface area (Å²) in [5.41, 5.74) is 2.41. The first-order chi connectivity index (χ1) is 16.0. The fourth-order valence-electron chi connectivity index (χ4n) is 3.04. The molecule has 1 aliphatic rings. The van der Waals surface area contributed by atoms with Crippen LogP contribution in [0.25, 0.3) is 6.08 Å². The lowest BCUT2D eigenvalue weighted by Gasteiger charge is -2.13. The highest BCUT2D eigenvalue weighted by atomic mass is 35.5. The molecule has 1 saturated heterocycles. The Bertz CT molecular complexity index is 1230. The second-order valence-electron chi connectivity index (χ2n) is 6.98. The van der Waals surface area contributed by atoms with E-state index in [-0.39, 0.29) is 5.91 Å². The summed E-state index contributed by atoms with van der Waals surface area (Å²) in [5, 5.41) is 4.58. The lowest BCUT2D eigenvalue weighted by molar-refractivity contribution is -0.115. The van der Waals surface area contributed by atoms with Gasteiger partial charge in [-0.25, -0.2) is 4.99 Å². The van der Waals surface area contributed by atoms with Crippen molar-refractivity contribution in [1.82, 2.24) is 5.32 Å². The number of carbonyl (C=O) groups excluding carboxylic acids is 1. The second-order valence-corrected chi connectivity index (χ2v) is 8.85. The van der Waals surface area contributed by atoms with E-state index in [0.717, 1.165) is 11.1 Å². The van der Waals surface area contributed by atoms with Gasteiger partial charge in [0.25, 0.3) is 5.91 Å². The molecule has 0 aromatic heterocycles. The van der Waals surface area contributed by atoms with Crippen LogP contribution in [0.4, 0.5) is 5.69 Å². The minimum atomic E-state index is -0.204. The van der Waals surface area contributed by atoms with Crippen LogP contribution in [0.1, 0.15) is 18.1 Å². The Kier molecular flexibility index (Phi) is 7.60. The highest BCUT2D eigenvalue weighted by Crippen LogP contribution is 2.33. The highest BCUT2D eigenvalue weighted by molar-refractivity contribution is 8.18. The molecule has 3 aromatic rings. The first-order valence-corrected chi connectivity index (χ1v) is 11.8. The number of aliphatic imine (C=N–C) groups is 1. The molecule has 0 bridgehead atoms. The van der Waals surface area contributed by atoms with Gasteiger partial charge >= 0.3 is 0 Å². The normalized spacial score (nSPS) is 15.7. The Hall–Kier alpha value is -2.93. The standard InChI is InChI=1S/C25H20Cl2N2O3S/c1-2-31-22-13-16(7-12-21(22)32-15-17-5-3-4-6-20(17)27)14-23-24(30)29-25(33-23)28-19-10-8-18(26)9-11-19/h3-14H,2,15H2,1H3,(H,28,29,30). The minimum absolute atomic E-state index is 0.204. The number of benzene rings is 3. The van der Waals surface area contributed by atoms with Crippen molar-refractivity contribution in [2.24, 2.45) is 4.99 Å². The SMILES string of the molecule is CCOc1cc(C=C2SC(=Nc3ccc(Cl)cc3)NC2=O)ccc1OCc1ccccc1Cl. The molecule has 0 saturated carbocycles. The van der Waals surface area contributed by atoms with Crippen molar-refractivity contribution in [3.8, 4) is 11.5 Å². The maximum atomic E-state index is 12.4. The Morgan fingerprint density at radius 1 is 1.00 bits per heavy atom. The number of rotatable bonds is 7. The predicted molar refractivity (Wildman–Crippen MR) is 136 cm³/mol. The smallest absolute Gasteiger partial charge is 0.264 e. The van der Waals surface area contributed by atoms with Gasteiger partial charge in [0.2, 0.25) is 0 Å². The minimum Gasteiger partial charge on any atom is -0.490 e. The number of ether oxygens (including phenoxy) is 2. The van der Waals surface area contributed by atoms with Gasteiger partial charge in [0.05, 0.1) is 17.2 Å². The average molecular weight is 499 g/mol.